The minimum atomic E-state index is -0.355. The molecule has 3 N–H and O–H groups in total. The summed E-state index contributed by atoms with van der Waals surface area (Å²) in [6.45, 7) is 2.28. The average Bonchev–Trinajstić information content (AvgIpc) is 2.84. The molecule has 36 heavy (non-hydrogen) atoms. The second kappa shape index (κ2) is 22.5. The number of aromatic hydroxyl groups is 3. The van der Waals surface area contributed by atoms with Crippen molar-refractivity contribution in [2.24, 2.45) is 0 Å². The van der Waals surface area contributed by atoms with Crippen LogP contribution in [0.4, 0.5) is 0 Å². The van der Waals surface area contributed by atoms with Crippen LogP contribution in [0.5, 0.6) is 17.2 Å². The fourth-order valence-electron chi connectivity index (χ4n) is 5.08. The van der Waals surface area contributed by atoms with Crippen molar-refractivity contribution in [3.8, 4) is 17.2 Å². The minimum absolute atomic E-state index is 0.0772. The summed E-state index contributed by atoms with van der Waals surface area (Å²) in [5, 5.41) is 28.9. The second-order valence-electron chi connectivity index (χ2n) is 10.8. The Bertz CT molecular complexity index is 647. The van der Waals surface area contributed by atoms with Crippen LogP contribution in [0.3, 0.4) is 0 Å². The Morgan fingerprint density at radius 2 is 0.778 bits per heavy atom. The number of rotatable bonds is 25. The van der Waals surface area contributed by atoms with Crippen LogP contribution < -0.4 is 0 Å². The summed E-state index contributed by atoms with van der Waals surface area (Å²) < 4.78 is 0. The molecule has 4 heteroatoms. The third kappa shape index (κ3) is 16.9. The Hall–Kier alpha value is -1.71. The fourth-order valence-corrected chi connectivity index (χ4v) is 5.08. The molecule has 0 atom stereocenters. The molecule has 1 aromatic rings. The van der Waals surface area contributed by atoms with Crippen molar-refractivity contribution in [3.05, 3.63) is 17.7 Å². The van der Waals surface area contributed by atoms with Gasteiger partial charge in [0.2, 0.25) is 0 Å². The highest BCUT2D eigenvalue weighted by Gasteiger charge is 2.17. The maximum Gasteiger partial charge on any atom is 0.170 e. The summed E-state index contributed by atoms with van der Waals surface area (Å²) in [5.41, 5.74) is -0.0772. The Morgan fingerprint density at radius 3 is 1.08 bits per heavy atom. The third-order valence-electron chi connectivity index (χ3n) is 7.37. The maximum atomic E-state index is 12.2. The molecule has 1 aromatic carbocycles. The Kier molecular flexibility index (Phi) is 20.2. The van der Waals surface area contributed by atoms with Crippen LogP contribution in [0, 0.1) is 0 Å². The first-order chi connectivity index (χ1) is 17.6. The van der Waals surface area contributed by atoms with Gasteiger partial charge in [-0.2, -0.15) is 0 Å². The van der Waals surface area contributed by atoms with Crippen LogP contribution in [-0.4, -0.2) is 21.1 Å². The molecule has 0 fully saturated rings. The van der Waals surface area contributed by atoms with Gasteiger partial charge in [0, 0.05) is 18.6 Å². The van der Waals surface area contributed by atoms with E-state index in [0.717, 1.165) is 31.4 Å². The van der Waals surface area contributed by atoms with E-state index in [4.69, 9.17) is 0 Å². The molecule has 0 aromatic heterocycles. The number of ketones is 1. The van der Waals surface area contributed by atoms with Gasteiger partial charge in [-0.15, -0.1) is 0 Å². The van der Waals surface area contributed by atoms with Crippen molar-refractivity contribution < 1.29 is 20.1 Å². The number of benzene rings is 1. The van der Waals surface area contributed by atoms with Crippen LogP contribution in [0.1, 0.15) is 171 Å². The predicted octanol–water partition coefficient (Wildman–Crippen LogP) is 10.4. The van der Waals surface area contributed by atoms with Crippen LogP contribution in [0.25, 0.3) is 0 Å². The maximum absolute atomic E-state index is 12.2. The molecule has 0 aliphatic rings. The molecule has 0 bridgehead atoms. The average molecular weight is 505 g/mol. The Morgan fingerprint density at radius 1 is 0.500 bits per heavy atom. The molecule has 0 aliphatic heterocycles. The van der Waals surface area contributed by atoms with Gasteiger partial charge < -0.3 is 15.3 Å². The summed E-state index contributed by atoms with van der Waals surface area (Å²) in [7, 11) is 0. The van der Waals surface area contributed by atoms with Crippen LogP contribution in [0.15, 0.2) is 12.1 Å². The number of unbranched alkanes of at least 4 members (excludes halogenated alkanes) is 22. The van der Waals surface area contributed by atoms with Gasteiger partial charge in [-0.05, 0) is 6.42 Å². The number of Topliss-reactive ketones (excluding diaryl/α,β-unsaturated/α-hetero) is 1. The monoisotopic (exact) mass is 504 g/mol. The van der Waals surface area contributed by atoms with Crippen molar-refractivity contribution in [3.63, 3.8) is 0 Å². The third-order valence-corrected chi connectivity index (χ3v) is 7.37. The quantitative estimate of drug-likeness (QED) is 0.0914. The number of phenolic OH excluding ortho intramolecular Hbond substituents is 3. The minimum Gasteiger partial charge on any atom is -0.508 e. The predicted molar refractivity (Wildman–Crippen MR) is 152 cm³/mol. The molecular formula is C32H56O4. The van der Waals surface area contributed by atoms with Crippen molar-refractivity contribution in [2.45, 2.75) is 161 Å². The highest BCUT2D eigenvalue weighted by Crippen LogP contribution is 2.33. The molecule has 208 valence electrons. The summed E-state index contributed by atoms with van der Waals surface area (Å²) in [4.78, 5) is 12.2. The van der Waals surface area contributed by atoms with Gasteiger partial charge in [-0.1, -0.05) is 148 Å². The van der Waals surface area contributed by atoms with Crippen LogP contribution >= 0.6 is 0 Å². The van der Waals surface area contributed by atoms with E-state index in [1.54, 1.807) is 0 Å². The Labute approximate surface area is 221 Å². The number of hydrogen-bond donors (Lipinski definition) is 3. The summed E-state index contributed by atoms with van der Waals surface area (Å²) >= 11 is 0. The van der Waals surface area contributed by atoms with E-state index in [-0.39, 0.29) is 28.6 Å². The van der Waals surface area contributed by atoms with Gasteiger partial charge in [-0.3, -0.25) is 4.79 Å². The summed E-state index contributed by atoms with van der Waals surface area (Å²) in [6, 6.07) is 2.18. The summed E-state index contributed by atoms with van der Waals surface area (Å²) in [6.07, 6.45) is 31.1. The lowest BCUT2D eigenvalue weighted by Crippen LogP contribution is -2.00. The summed E-state index contributed by atoms with van der Waals surface area (Å²) in [5.74, 6) is -1.23. The van der Waals surface area contributed by atoms with E-state index in [9.17, 15) is 20.1 Å². The molecule has 0 saturated carbocycles. The topological polar surface area (TPSA) is 77.8 Å². The van der Waals surface area contributed by atoms with Gasteiger partial charge in [-0.25, -0.2) is 0 Å². The van der Waals surface area contributed by atoms with Gasteiger partial charge in [0.25, 0.3) is 0 Å². The van der Waals surface area contributed by atoms with Crippen molar-refractivity contribution >= 4 is 5.78 Å². The van der Waals surface area contributed by atoms with E-state index >= 15 is 0 Å². The smallest absolute Gasteiger partial charge is 0.170 e. The lowest BCUT2D eigenvalue weighted by atomic mass is 10.0. The Balaban J connectivity index is 1.79. The van der Waals surface area contributed by atoms with Gasteiger partial charge >= 0.3 is 0 Å². The fraction of sp³-hybridized carbons (Fsp3) is 0.781. The van der Waals surface area contributed by atoms with Crippen molar-refractivity contribution in [1.82, 2.24) is 0 Å². The lowest BCUT2D eigenvalue weighted by Gasteiger charge is -2.07. The number of hydrogen-bond acceptors (Lipinski definition) is 4. The molecular weight excluding hydrogens is 448 g/mol. The zero-order valence-electron chi connectivity index (χ0n) is 23.4. The van der Waals surface area contributed by atoms with E-state index in [1.165, 1.54) is 128 Å². The largest absolute Gasteiger partial charge is 0.508 e. The van der Waals surface area contributed by atoms with Crippen LogP contribution in [0.2, 0.25) is 0 Å². The first kappa shape index (κ1) is 32.3. The molecule has 1 rings (SSSR count). The van der Waals surface area contributed by atoms with Gasteiger partial charge in [0.05, 0.1) is 0 Å². The van der Waals surface area contributed by atoms with E-state index in [0.29, 0.717) is 6.42 Å². The standard InChI is InChI=1S/C32H56O4/c1-2-3-4-5-6-7-8-9-10-11-12-13-14-15-16-17-18-19-20-21-22-23-24-25-29(34)32-30(35)26-28(33)27-31(32)36/h26-27,33,35-36H,2-25H2,1H3. The molecule has 0 heterocycles. The molecule has 0 saturated heterocycles. The number of carbonyl (C=O) groups excluding carboxylic acids is 1. The first-order valence-electron chi connectivity index (χ1n) is 15.3. The highest BCUT2D eigenvalue weighted by molar-refractivity contribution is 6.01. The zero-order valence-corrected chi connectivity index (χ0v) is 23.4. The van der Waals surface area contributed by atoms with Gasteiger partial charge in [0.1, 0.15) is 22.8 Å². The van der Waals surface area contributed by atoms with Crippen molar-refractivity contribution in [2.75, 3.05) is 0 Å². The van der Waals surface area contributed by atoms with E-state index in [2.05, 4.69) is 6.92 Å². The number of carbonyl (C=O) groups is 1. The molecule has 0 amide bonds. The second-order valence-corrected chi connectivity index (χ2v) is 10.8. The van der Waals surface area contributed by atoms with E-state index < -0.39 is 0 Å². The molecule has 0 aliphatic carbocycles. The van der Waals surface area contributed by atoms with Crippen LogP contribution in [-0.2, 0) is 0 Å². The van der Waals surface area contributed by atoms with Gasteiger partial charge in [0.15, 0.2) is 5.78 Å². The van der Waals surface area contributed by atoms with E-state index in [1.807, 2.05) is 0 Å². The first-order valence-corrected chi connectivity index (χ1v) is 15.3. The molecule has 4 nitrogen and oxygen atoms in total. The number of phenols is 3. The zero-order chi connectivity index (χ0) is 26.3. The molecule has 0 spiro atoms. The molecule has 0 radical (unpaired) electrons. The lowest BCUT2D eigenvalue weighted by molar-refractivity contribution is 0.0973. The normalized spacial score (nSPS) is 11.2. The van der Waals surface area contributed by atoms with Crippen molar-refractivity contribution in [1.29, 1.82) is 0 Å². The molecule has 0 unspecified atom stereocenters. The highest BCUT2D eigenvalue weighted by atomic mass is 16.3. The SMILES string of the molecule is CCCCCCCCCCCCCCCCCCCCCCCCCC(=O)c1c(O)cc(O)cc1O.